The summed E-state index contributed by atoms with van der Waals surface area (Å²) in [5, 5.41) is 19.9. The summed E-state index contributed by atoms with van der Waals surface area (Å²) in [6, 6.07) is 21.8. The molecule has 40 heavy (non-hydrogen) atoms. The number of aromatic hydroxyl groups is 1. The first-order chi connectivity index (χ1) is 19.3. The van der Waals surface area contributed by atoms with E-state index in [1.54, 1.807) is 0 Å². The lowest BCUT2D eigenvalue weighted by atomic mass is 10.0. The number of ether oxygens (including phenoxy) is 1. The van der Waals surface area contributed by atoms with Crippen molar-refractivity contribution in [3.8, 4) is 11.5 Å². The molecule has 1 heterocycles. The number of anilines is 1. The second kappa shape index (κ2) is 13.7. The van der Waals surface area contributed by atoms with Crippen LogP contribution in [0, 0.1) is 5.41 Å². The van der Waals surface area contributed by atoms with E-state index in [1.165, 1.54) is 24.4 Å². The van der Waals surface area contributed by atoms with Crippen LogP contribution in [0.1, 0.15) is 15.9 Å². The molecular formula is C30H29Cl3N4O3. The summed E-state index contributed by atoms with van der Waals surface area (Å²) in [6.07, 6.45) is 1.39. The van der Waals surface area contributed by atoms with Gasteiger partial charge in [0.1, 0.15) is 18.1 Å². The molecule has 0 aromatic heterocycles. The summed E-state index contributed by atoms with van der Waals surface area (Å²) >= 11 is 17.7. The van der Waals surface area contributed by atoms with E-state index in [0.717, 1.165) is 60.5 Å². The quantitative estimate of drug-likeness (QED) is 0.211. The number of carbonyl (C=O) groups is 1. The number of benzene rings is 4. The number of hydrogen-bond donors (Lipinski definition) is 3. The van der Waals surface area contributed by atoms with Gasteiger partial charge in [0, 0.05) is 61.1 Å². The second-order valence-electron chi connectivity index (χ2n) is 9.15. The normalized spacial score (nSPS) is 13.4. The fourth-order valence-electron chi connectivity index (χ4n) is 4.40. The minimum absolute atomic E-state index is 0.0586. The van der Waals surface area contributed by atoms with Gasteiger partial charge in [0.15, 0.2) is 0 Å². The Kier molecular flexibility index (Phi) is 10.1. The van der Waals surface area contributed by atoms with Gasteiger partial charge in [0.05, 0.1) is 15.1 Å². The number of nitrogens with one attached hydrogen (secondary N) is 1. The molecule has 1 fully saturated rings. The number of phenols is 1. The van der Waals surface area contributed by atoms with Crippen molar-refractivity contribution < 1.29 is 14.6 Å². The maximum Gasteiger partial charge on any atom is 0.248 e. The van der Waals surface area contributed by atoms with E-state index >= 15 is 0 Å². The van der Waals surface area contributed by atoms with E-state index in [1.807, 2.05) is 54.6 Å². The van der Waals surface area contributed by atoms with Crippen LogP contribution in [0.4, 0.5) is 5.69 Å². The Hall–Kier alpha value is -3.49. The Balaban J connectivity index is 0.000000283. The molecule has 1 saturated heterocycles. The van der Waals surface area contributed by atoms with Gasteiger partial charge in [-0.3, -0.25) is 9.69 Å². The summed E-state index contributed by atoms with van der Waals surface area (Å²) in [6.45, 7) is 5.40. The van der Waals surface area contributed by atoms with Crippen LogP contribution in [0.15, 0.2) is 72.8 Å². The topological polar surface area (TPSA) is 103 Å². The first kappa shape index (κ1) is 29.5. The van der Waals surface area contributed by atoms with Crippen molar-refractivity contribution in [2.75, 3.05) is 44.2 Å². The maximum absolute atomic E-state index is 10.5. The number of halogens is 3. The van der Waals surface area contributed by atoms with Crippen molar-refractivity contribution in [1.29, 1.82) is 5.41 Å². The van der Waals surface area contributed by atoms with Crippen LogP contribution in [-0.4, -0.2) is 61.5 Å². The Morgan fingerprint density at radius 1 is 0.900 bits per heavy atom. The van der Waals surface area contributed by atoms with Crippen molar-refractivity contribution in [3.05, 3.63) is 99.0 Å². The van der Waals surface area contributed by atoms with E-state index in [2.05, 4.69) is 9.80 Å². The molecule has 0 bridgehead atoms. The molecule has 4 N–H and O–H groups in total. The van der Waals surface area contributed by atoms with Crippen LogP contribution >= 0.6 is 34.8 Å². The molecule has 0 saturated carbocycles. The summed E-state index contributed by atoms with van der Waals surface area (Å²) in [5.74, 6) is 0.254. The third-order valence-electron chi connectivity index (χ3n) is 6.61. The lowest BCUT2D eigenvalue weighted by Crippen LogP contribution is -2.47. The zero-order valence-electron chi connectivity index (χ0n) is 21.6. The molecule has 0 radical (unpaired) electrons. The highest BCUT2D eigenvalue weighted by atomic mass is 35.5. The van der Waals surface area contributed by atoms with Gasteiger partial charge in [-0.25, -0.2) is 0 Å². The molecule has 5 rings (SSSR count). The van der Waals surface area contributed by atoms with Crippen LogP contribution in [0.25, 0.3) is 10.8 Å². The van der Waals surface area contributed by atoms with Crippen LogP contribution in [-0.2, 0) is 0 Å². The molecule has 4 aromatic rings. The molecule has 10 heteroatoms. The summed E-state index contributed by atoms with van der Waals surface area (Å²) in [7, 11) is 0. The summed E-state index contributed by atoms with van der Waals surface area (Å²) in [4.78, 5) is 15.3. The third kappa shape index (κ3) is 7.37. The Morgan fingerprint density at radius 3 is 2.27 bits per heavy atom. The highest BCUT2D eigenvalue weighted by molar-refractivity contribution is 6.42. The monoisotopic (exact) mass is 598 g/mol. The van der Waals surface area contributed by atoms with Gasteiger partial charge in [-0.05, 0) is 53.9 Å². The van der Waals surface area contributed by atoms with Crippen molar-refractivity contribution >= 4 is 63.4 Å². The fourth-order valence-corrected chi connectivity index (χ4v) is 4.88. The van der Waals surface area contributed by atoms with E-state index in [9.17, 15) is 4.79 Å². The molecule has 0 unspecified atom stereocenters. The Labute approximate surface area is 248 Å². The van der Waals surface area contributed by atoms with Crippen LogP contribution in [0.3, 0.4) is 0 Å². The lowest BCUT2D eigenvalue weighted by Gasteiger charge is -2.36. The highest BCUT2D eigenvalue weighted by Gasteiger charge is 2.18. The van der Waals surface area contributed by atoms with E-state index in [-0.39, 0.29) is 16.3 Å². The number of piperazine rings is 1. The molecule has 1 amide bonds. The maximum atomic E-state index is 10.5. The Bertz CT molecular complexity index is 1510. The summed E-state index contributed by atoms with van der Waals surface area (Å²) in [5.41, 5.74) is 7.27. The van der Waals surface area contributed by atoms with Gasteiger partial charge >= 0.3 is 0 Å². The van der Waals surface area contributed by atoms with Gasteiger partial charge in [-0.2, -0.15) is 0 Å². The minimum Gasteiger partial charge on any atom is -0.506 e. The van der Waals surface area contributed by atoms with Crippen LogP contribution in [0.5, 0.6) is 11.5 Å². The van der Waals surface area contributed by atoms with Crippen LogP contribution < -0.4 is 15.4 Å². The molecule has 7 nitrogen and oxygen atoms in total. The zero-order valence-corrected chi connectivity index (χ0v) is 23.9. The molecule has 1 aliphatic heterocycles. The minimum atomic E-state index is -0.563. The predicted molar refractivity (Wildman–Crippen MR) is 164 cm³/mol. The van der Waals surface area contributed by atoms with Gasteiger partial charge in [0.25, 0.3) is 0 Å². The van der Waals surface area contributed by atoms with Gasteiger partial charge in [-0.15, -0.1) is 0 Å². The van der Waals surface area contributed by atoms with Gasteiger partial charge < -0.3 is 25.9 Å². The number of primary amides is 1. The molecule has 1 aliphatic rings. The number of carbonyl (C=O) groups excluding carboxylic acids is 1. The number of nitrogens with two attached hydrogens (primary N) is 1. The molecule has 0 spiro atoms. The molecule has 4 aromatic carbocycles. The lowest BCUT2D eigenvalue weighted by molar-refractivity contribution is 0.100. The van der Waals surface area contributed by atoms with E-state index in [4.69, 9.17) is 55.8 Å². The first-order valence-electron chi connectivity index (χ1n) is 12.6. The van der Waals surface area contributed by atoms with Crippen molar-refractivity contribution in [2.24, 2.45) is 5.73 Å². The van der Waals surface area contributed by atoms with Crippen molar-refractivity contribution in [2.45, 2.75) is 0 Å². The Morgan fingerprint density at radius 2 is 1.62 bits per heavy atom. The van der Waals surface area contributed by atoms with Crippen LogP contribution in [0.2, 0.25) is 15.1 Å². The van der Waals surface area contributed by atoms with Crippen molar-refractivity contribution in [1.82, 2.24) is 4.90 Å². The standard InChI is InChI=1S/C23H23Cl2N3O.C7H6ClNO2/c24-21-7-6-18(15-22(21)25)28-11-9-27(10-12-28)13-14-29-23-8-5-17(16-26)19-3-1-2-4-20(19)23;8-5-3-4(7(9)11)1-2-6(5)10/h1-8,15-16,26H,9-14H2;1-3,10H,(H2,9,11). The van der Waals surface area contributed by atoms with E-state index < -0.39 is 5.91 Å². The number of nitrogens with zero attached hydrogens (tertiary/aromatic N) is 2. The predicted octanol–water partition coefficient (Wildman–Crippen LogP) is 6.49. The number of hydrogen-bond acceptors (Lipinski definition) is 6. The summed E-state index contributed by atoms with van der Waals surface area (Å²) < 4.78 is 6.10. The second-order valence-corrected chi connectivity index (χ2v) is 10.4. The number of phenolic OH excluding ortho intramolecular Hbond substituents is 1. The SMILES string of the molecule is N=Cc1ccc(OCCN2CCN(c3ccc(Cl)c(Cl)c3)CC2)c2ccccc12.NC(=O)c1ccc(O)c(Cl)c1. The van der Waals surface area contributed by atoms with Gasteiger partial charge in [0.2, 0.25) is 5.91 Å². The molecule has 0 aliphatic carbocycles. The van der Waals surface area contributed by atoms with Gasteiger partial charge in [-0.1, -0.05) is 59.1 Å². The third-order valence-corrected chi connectivity index (χ3v) is 7.65. The smallest absolute Gasteiger partial charge is 0.248 e. The number of fused-ring (bicyclic) bond motifs is 1. The van der Waals surface area contributed by atoms with E-state index in [0.29, 0.717) is 16.7 Å². The zero-order chi connectivity index (χ0) is 28.6. The molecule has 0 atom stereocenters. The largest absolute Gasteiger partial charge is 0.506 e. The molecular weight excluding hydrogens is 571 g/mol. The average molecular weight is 600 g/mol. The number of rotatable bonds is 7. The fraction of sp³-hybridized carbons (Fsp3) is 0.200. The number of amides is 1. The van der Waals surface area contributed by atoms with Crippen molar-refractivity contribution in [3.63, 3.8) is 0 Å². The first-order valence-corrected chi connectivity index (χ1v) is 13.8. The molecule has 208 valence electrons. The highest BCUT2D eigenvalue weighted by Crippen LogP contribution is 2.29. The average Bonchev–Trinajstić information content (AvgIpc) is 2.96.